The average Bonchev–Trinajstić information content (AvgIpc) is 2.80. The second-order valence-corrected chi connectivity index (χ2v) is 9.99. The average molecular weight is 466 g/mol. The van der Waals surface area contributed by atoms with Crippen LogP contribution in [0.2, 0.25) is 0 Å². The molecule has 1 aliphatic rings. The summed E-state index contributed by atoms with van der Waals surface area (Å²) in [7, 11) is -3.65. The number of fused-ring (bicyclic) bond motifs is 1. The minimum atomic E-state index is -3.65. The number of nitrogens with one attached hydrogen (secondary N) is 2. The summed E-state index contributed by atoms with van der Waals surface area (Å²) >= 11 is 0. The molecule has 8 heteroatoms. The van der Waals surface area contributed by atoms with Crippen molar-refractivity contribution in [3.63, 3.8) is 0 Å². The predicted molar refractivity (Wildman–Crippen MR) is 134 cm³/mol. The second kappa shape index (κ2) is 9.79. The van der Waals surface area contributed by atoms with Crippen LogP contribution in [-0.2, 0) is 22.9 Å². The lowest BCUT2D eigenvalue weighted by Gasteiger charge is -2.20. The standard InChI is InChI=1S/C25H31N5O2S/c1-4-30(5-2)24-16-18(3)26-25(28-24)27-21-11-13-22(14-12-21)29-33(31,32)23-15-10-19-8-6-7-9-20(19)17-23/h10-17,29H,4-9H2,1-3H3,(H,26,27,28). The van der Waals surface area contributed by atoms with Crippen LogP contribution in [0.1, 0.15) is 43.5 Å². The number of nitrogens with zero attached hydrogens (tertiary/aromatic N) is 3. The quantitative estimate of drug-likeness (QED) is 0.484. The summed E-state index contributed by atoms with van der Waals surface area (Å²) in [5.41, 5.74) is 4.57. The number of hydrogen-bond donors (Lipinski definition) is 2. The van der Waals surface area contributed by atoms with E-state index in [9.17, 15) is 8.42 Å². The van der Waals surface area contributed by atoms with Crippen LogP contribution in [0.15, 0.2) is 53.4 Å². The largest absolute Gasteiger partial charge is 0.357 e. The van der Waals surface area contributed by atoms with Crippen LogP contribution in [0.25, 0.3) is 0 Å². The van der Waals surface area contributed by atoms with E-state index in [0.717, 1.165) is 55.1 Å². The summed E-state index contributed by atoms with van der Waals surface area (Å²) in [5, 5.41) is 3.22. The maximum absolute atomic E-state index is 12.9. The van der Waals surface area contributed by atoms with Crippen molar-refractivity contribution in [2.24, 2.45) is 0 Å². The summed E-state index contributed by atoms with van der Waals surface area (Å²) in [4.78, 5) is 11.6. The monoisotopic (exact) mass is 465 g/mol. The zero-order chi connectivity index (χ0) is 23.4. The smallest absolute Gasteiger partial charge is 0.261 e. The van der Waals surface area contributed by atoms with E-state index in [-0.39, 0.29) is 0 Å². The number of sulfonamides is 1. The SMILES string of the molecule is CCN(CC)c1cc(C)nc(Nc2ccc(NS(=O)(=O)c3ccc4c(c3)CCCC4)cc2)n1. The van der Waals surface area contributed by atoms with Crippen molar-refractivity contribution in [2.45, 2.75) is 51.3 Å². The molecule has 0 spiro atoms. The molecule has 0 unspecified atom stereocenters. The Hall–Kier alpha value is -3.13. The number of rotatable bonds is 8. The first-order valence-electron chi connectivity index (χ1n) is 11.5. The molecule has 1 aromatic heterocycles. The summed E-state index contributed by atoms with van der Waals surface area (Å²) in [6.45, 7) is 7.87. The molecular formula is C25H31N5O2S. The summed E-state index contributed by atoms with van der Waals surface area (Å²) in [6.07, 6.45) is 4.25. The molecule has 0 fully saturated rings. The number of anilines is 4. The Bertz CT molecular complexity index is 1220. The van der Waals surface area contributed by atoms with Crippen molar-refractivity contribution in [2.75, 3.05) is 28.0 Å². The first-order chi connectivity index (χ1) is 15.9. The van der Waals surface area contributed by atoms with Crippen LogP contribution in [0, 0.1) is 6.92 Å². The Labute approximate surface area is 196 Å². The number of aryl methyl sites for hydroxylation is 3. The lowest BCUT2D eigenvalue weighted by Crippen LogP contribution is -2.23. The molecule has 0 saturated carbocycles. The highest BCUT2D eigenvalue weighted by molar-refractivity contribution is 7.92. The van der Waals surface area contributed by atoms with E-state index >= 15 is 0 Å². The molecule has 174 valence electrons. The van der Waals surface area contributed by atoms with Crippen LogP contribution in [0.4, 0.5) is 23.1 Å². The van der Waals surface area contributed by atoms with Gasteiger partial charge in [0.2, 0.25) is 5.95 Å². The molecule has 7 nitrogen and oxygen atoms in total. The zero-order valence-electron chi connectivity index (χ0n) is 19.4. The number of benzene rings is 2. The van der Waals surface area contributed by atoms with E-state index in [4.69, 9.17) is 0 Å². The number of hydrogen-bond acceptors (Lipinski definition) is 6. The Morgan fingerprint density at radius 2 is 1.55 bits per heavy atom. The maximum Gasteiger partial charge on any atom is 0.261 e. The molecule has 0 bridgehead atoms. The van der Waals surface area contributed by atoms with Gasteiger partial charge in [-0.15, -0.1) is 0 Å². The van der Waals surface area contributed by atoms with E-state index < -0.39 is 10.0 Å². The van der Waals surface area contributed by atoms with Gasteiger partial charge in [0.25, 0.3) is 10.0 Å². The van der Waals surface area contributed by atoms with E-state index in [1.165, 1.54) is 12.0 Å². The molecular weight excluding hydrogens is 434 g/mol. The highest BCUT2D eigenvalue weighted by Crippen LogP contribution is 2.26. The molecule has 3 aromatic rings. The second-order valence-electron chi connectivity index (χ2n) is 8.31. The van der Waals surface area contributed by atoms with Crippen LogP contribution in [0.3, 0.4) is 0 Å². The van der Waals surface area contributed by atoms with Gasteiger partial charge in [-0.3, -0.25) is 4.72 Å². The van der Waals surface area contributed by atoms with E-state index in [2.05, 4.69) is 38.8 Å². The van der Waals surface area contributed by atoms with Crippen molar-refractivity contribution in [1.29, 1.82) is 0 Å². The van der Waals surface area contributed by atoms with Crippen LogP contribution >= 0.6 is 0 Å². The van der Waals surface area contributed by atoms with E-state index in [0.29, 0.717) is 16.5 Å². The maximum atomic E-state index is 12.9. The fourth-order valence-corrected chi connectivity index (χ4v) is 5.27. The Morgan fingerprint density at radius 1 is 0.879 bits per heavy atom. The van der Waals surface area contributed by atoms with Crippen LogP contribution in [-0.4, -0.2) is 31.5 Å². The molecule has 0 aliphatic heterocycles. The molecule has 1 aliphatic carbocycles. The predicted octanol–water partition coefficient (Wildman–Crippen LogP) is 5.05. The molecule has 0 atom stereocenters. The molecule has 0 amide bonds. The fraction of sp³-hybridized carbons (Fsp3) is 0.360. The molecule has 4 rings (SSSR count). The van der Waals surface area contributed by atoms with Crippen LogP contribution in [0.5, 0.6) is 0 Å². The lowest BCUT2D eigenvalue weighted by atomic mass is 9.92. The molecule has 2 aromatic carbocycles. The Morgan fingerprint density at radius 3 is 2.24 bits per heavy atom. The molecule has 2 N–H and O–H groups in total. The van der Waals surface area contributed by atoms with Gasteiger partial charge in [-0.25, -0.2) is 13.4 Å². The van der Waals surface area contributed by atoms with Crippen molar-refractivity contribution in [1.82, 2.24) is 9.97 Å². The van der Waals surface area contributed by atoms with E-state index in [1.807, 2.05) is 37.3 Å². The van der Waals surface area contributed by atoms with Gasteiger partial charge in [-0.2, -0.15) is 4.98 Å². The minimum absolute atomic E-state index is 0.308. The van der Waals surface area contributed by atoms with Gasteiger partial charge in [-0.1, -0.05) is 6.07 Å². The highest BCUT2D eigenvalue weighted by Gasteiger charge is 2.18. The van der Waals surface area contributed by atoms with Gasteiger partial charge < -0.3 is 10.2 Å². The van der Waals surface area contributed by atoms with Gasteiger partial charge in [0.05, 0.1) is 4.90 Å². The van der Waals surface area contributed by atoms with Gasteiger partial charge in [0, 0.05) is 36.2 Å². The molecule has 0 saturated heterocycles. The van der Waals surface area contributed by atoms with Gasteiger partial charge >= 0.3 is 0 Å². The molecule has 33 heavy (non-hydrogen) atoms. The van der Waals surface area contributed by atoms with Crippen molar-refractivity contribution < 1.29 is 8.42 Å². The normalized spacial score (nSPS) is 13.3. The topological polar surface area (TPSA) is 87.2 Å². The van der Waals surface area contributed by atoms with E-state index in [1.54, 1.807) is 18.2 Å². The fourth-order valence-electron chi connectivity index (χ4n) is 4.16. The molecule has 1 heterocycles. The van der Waals surface area contributed by atoms with Crippen molar-refractivity contribution >= 4 is 33.2 Å². The van der Waals surface area contributed by atoms with Crippen molar-refractivity contribution in [3.05, 3.63) is 65.4 Å². The summed E-state index contributed by atoms with van der Waals surface area (Å²) < 4.78 is 28.5. The van der Waals surface area contributed by atoms with Gasteiger partial charge in [-0.05, 0) is 94.0 Å². The third-order valence-electron chi connectivity index (χ3n) is 5.95. The Balaban J connectivity index is 1.48. The lowest BCUT2D eigenvalue weighted by molar-refractivity contribution is 0.600. The van der Waals surface area contributed by atoms with Crippen LogP contribution < -0.4 is 14.9 Å². The first-order valence-corrected chi connectivity index (χ1v) is 13.0. The summed E-state index contributed by atoms with van der Waals surface area (Å²) in [5.74, 6) is 1.39. The number of aromatic nitrogens is 2. The summed E-state index contributed by atoms with van der Waals surface area (Å²) in [6, 6.07) is 14.5. The Kier molecular flexibility index (Phi) is 6.83. The first kappa shape index (κ1) is 23.0. The molecule has 0 radical (unpaired) electrons. The third kappa shape index (κ3) is 5.45. The highest BCUT2D eigenvalue weighted by atomic mass is 32.2. The van der Waals surface area contributed by atoms with Gasteiger partial charge in [0.1, 0.15) is 5.82 Å². The van der Waals surface area contributed by atoms with Gasteiger partial charge in [0.15, 0.2) is 0 Å². The zero-order valence-corrected chi connectivity index (χ0v) is 20.2. The minimum Gasteiger partial charge on any atom is -0.357 e. The third-order valence-corrected chi connectivity index (χ3v) is 7.33. The van der Waals surface area contributed by atoms with Crippen molar-refractivity contribution in [3.8, 4) is 0 Å².